The fourth-order valence-electron chi connectivity index (χ4n) is 5.83. The lowest BCUT2D eigenvalue weighted by Gasteiger charge is -2.38. The fourth-order valence-corrected chi connectivity index (χ4v) is 7.97. The van der Waals surface area contributed by atoms with Gasteiger partial charge in [-0.3, -0.25) is 0 Å². The maximum Gasteiger partial charge on any atom is 0.243 e. The molecule has 11 heteroatoms. The molecular formula is C28H38N2O7S2. The third-order valence-electron chi connectivity index (χ3n) is 8.12. The van der Waals surface area contributed by atoms with Crippen LogP contribution in [0.1, 0.15) is 43.2 Å². The molecule has 0 aromatic heterocycles. The average molecular weight is 579 g/mol. The standard InChI is InChI=1S/C28H38N2O7S2/c1-38(32,33)26-8-4-7-25(16-26)36-20-24(31)18-29-23-17-28(37-19-23)11-13-30(14-12-28)39(34,35)27-10-9-21-5-2-3-6-22(21)15-27/h4,7-10,15-16,23-24,29,31H,2-3,5-6,11-14,17-20H2,1H3. The SMILES string of the molecule is CS(=O)(=O)c1cccc(OCC(O)CNC2COC3(CCN(S(=O)(=O)c4ccc5c(c4)CCCC5)CC3)C2)c1. The highest BCUT2D eigenvalue weighted by molar-refractivity contribution is 7.90. The largest absolute Gasteiger partial charge is 0.491 e. The lowest BCUT2D eigenvalue weighted by atomic mass is 9.88. The summed E-state index contributed by atoms with van der Waals surface area (Å²) in [5.41, 5.74) is 2.08. The number of aryl methyl sites for hydroxylation is 2. The van der Waals surface area contributed by atoms with Crippen LogP contribution >= 0.6 is 0 Å². The molecule has 214 valence electrons. The summed E-state index contributed by atoms with van der Waals surface area (Å²) in [4.78, 5) is 0.563. The van der Waals surface area contributed by atoms with E-state index < -0.39 is 26.0 Å². The smallest absolute Gasteiger partial charge is 0.243 e. The van der Waals surface area contributed by atoms with Gasteiger partial charge in [0.15, 0.2) is 9.84 Å². The number of aliphatic hydroxyl groups excluding tert-OH is 1. The number of ether oxygens (including phenoxy) is 2. The van der Waals surface area contributed by atoms with Gasteiger partial charge in [-0.2, -0.15) is 4.31 Å². The number of nitrogens with one attached hydrogen (secondary N) is 1. The zero-order valence-electron chi connectivity index (χ0n) is 22.3. The molecule has 2 saturated heterocycles. The molecule has 39 heavy (non-hydrogen) atoms. The highest BCUT2D eigenvalue weighted by Gasteiger charge is 2.44. The van der Waals surface area contributed by atoms with Gasteiger partial charge in [0.25, 0.3) is 0 Å². The minimum atomic E-state index is -3.54. The van der Waals surface area contributed by atoms with Gasteiger partial charge in [0.2, 0.25) is 10.0 Å². The molecule has 2 heterocycles. The molecule has 2 aromatic carbocycles. The van der Waals surface area contributed by atoms with Crippen molar-refractivity contribution in [2.75, 3.05) is 39.1 Å². The molecule has 2 N–H and O–H groups in total. The van der Waals surface area contributed by atoms with E-state index in [2.05, 4.69) is 5.32 Å². The van der Waals surface area contributed by atoms with Gasteiger partial charge in [0.05, 0.1) is 22.0 Å². The van der Waals surface area contributed by atoms with Crippen molar-refractivity contribution in [1.82, 2.24) is 9.62 Å². The molecule has 3 aliphatic rings. The Bertz CT molecular complexity index is 1390. The molecule has 5 rings (SSSR count). The van der Waals surface area contributed by atoms with Crippen molar-refractivity contribution >= 4 is 19.9 Å². The molecule has 2 atom stereocenters. The summed E-state index contributed by atoms with van der Waals surface area (Å²) in [6.07, 6.45) is 6.63. The molecule has 9 nitrogen and oxygen atoms in total. The molecule has 0 radical (unpaired) electrons. The van der Waals surface area contributed by atoms with Gasteiger partial charge < -0.3 is 19.9 Å². The van der Waals surface area contributed by atoms with Crippen molar-refractivity contribution < 1.29 is 31.4 Å². The molecule has 0 saturated carbocycles. The summed E-state index contributed by atoms with van der Waals surface area (Å²) in [5, 5.41) is 13.7. The minimum absolute atomic E-state index is 0.0223. The molecule has 1 aliphatic carbocycles. The van der Waals surface area contributed by atoms with Crippen LogP contribution in [0.25, 0.3) is 0 Å². The molecule has 2 unspecified atom stereocenters. The van der Waals surface area contributed by atoms with Crippen LogP contribution in [0.3, 0.4) is 0 Å². The van der Waals surface area contributed by atoms with Crippen LogP contribution in [0.5, 0.6) is 5.75 Å². The predicted octanol–water partition coefficient (Wildman–Crippen LogP) is 2.31. The highest BCUT2D eigenvalue weighted by atomic mass is 32.2. The van der Waals surface area contributed by atoms with Crippen molar-refractivity contribution in [2.45, 2.75) is 72.5 Å². The van der Waals surface area contributed by atoms with E-state index in [0.29, 0.717) is 49.7 Å². The topological polar surface area (TPSA) is 122 Å². The quantitative estimate of drug-likeness (QED) is 0.465. The van der Waals surface area contributed by atoms with Crippen LogP contribution in [-0.4, -0.2) is 83.1 Å². The van der Waals surface area contributed by atoms with Crippen LogP contribution < -0.4 is 10.1 Å². The van der Waals surface area contributed by atoms with Gasteiger partial charge in [-0.05, 0) is 86.4 Å². The summed E-state index contributed by atoms with van der Waals surface area (Å²) in [6, 6.07) is 11.9. The van der Waals surface area contributed by atoms with Crippen LogP contribution in [-0.2, 0) is 37.4 Å². The number of benzene rings is 2. The normalized spacial score (nSPS) is 22.5. The Morgan fingerprint density at radius 3 is 2.54 bits per heavy atom. The Morgan fingerprint density at radius 1 is 1.05 bits per heavy atom. The number of rotatable bonds is 9. The van der Waals surface area contributed by atoms with Gasteiger partial charge in [-0.1, -0.05) is 12.1 Å². The Kier molecular flexibility index (Phi) is 8.38. The molecular weight excluding hydrogens is 540 g/mol. The molecule has 0 bridgehead atoms. The van der Waals surface area contributed by atoms with Gasteiger partial charge in [-0.15, -0.1) is 0 Å². The molecule has 2 aromatic rings. The number of aliphatic hydroxyl groups is 1. The highest BCUT2D eigenvalue weighted by Crippen LogP contribution is 2.37. The van der Waals surface area contributed by atoms with E-state index in [1.54, 1.807) is 22.5 Å². The third-order valence-corrected chi connectivity index (χ3v) is 11.1. The van der Waals surface area contributed by atoms with Gasteiger partial charge in [-0.25, -0.2) is 16.8 Å². The maximum absolute atomic E-state index is 13.4. The molecule has 0 amide bonds. The number of sulfone groups is 1. The minimum Gasteiger partial charge on any atom is -0.491 e. The van der Waals surface area contributed by atoms with Crippen LogP contribution in [0.2, 0.25) is 0 Å². The van der Waals surface area contributed by atoms with E-state index >= 15 is 0 Å². The van der Waals surface area contributed by atoms with Crippen LogP contribution in [0, 0.1) is 0 Å². The third kappa shape index (κ3) is 6.66. The number of sulfonamides is 1. The van der Waals surface area contributed by atoms with E-state index in [1.165, 1.54) is 23.3 Å². The summed E-state index contributed by atoms with van der Waals surface area (Å²) >= 11 is 0. The van der Waals surface area contributed by atoms with E-state index in [0.717, 1.165) is 38.4 Å². The molecule has 2 fully saturated rings. The van der Waals surface area contributed by atoms with Crippen LogP contribution in [0.4, 0.5) is 0 Å². The number of nitrogens with zero attached hydrogens (tertiary/aromatic N) is 1. The summed E-state index contributed by atoms with van der Waals surface area (Å²) in [6.45, 7) is 1.68. The maximum atomic E-state index is 13.4. The molecule has 1 spiro atoms. The number of fused-ring (bicyclic) bond motifs is 1. The van der Waals surface area contributed by atoms with Crippen LogP contribution in [0.15, 0.2) is 52.3 Å². The van der Waals surface area contributed by atoms with E-state index in [-0.39, 0.29) is 23.1 Å². The first-order valence-electron chi connectivity index (χ1n) is 13.6. The zero-order valence-corrected chi connectivity index (χ0v) is 24.0. The Labute approximate surface area is 231 Å². The number of piperidine rings is 1. The number of hydrogen-bond acceptors (Lipinski definition) is 8. The van der Waals surface area contributed by atoms with E-state index in [9.17, 15) is 21.9 Å². The summed E-state index contributed by atoms with van der Waals surface area (Å²) in [7, 11) is -6.87. The second-order valence-corrected chi connectivity index (χ2v) is 15.0. The Morgan fingerprint density at radius 2 is 1.79 bits per heavy atom. The van der Waals surface area contributed by atoms with Crippen molar-refractivity contribution in [1.29, 1.82) is 0 Å². The van der Waals surface area contributed by atoms with Gasteiger partial charge >= 0.3 is 0 Å². The van der Waals surface area contributed by atoms with E-state index in [4.69, 9.17) is 9.47 Å². The first-order valence-corrected chi connectivity index (χ1v) is 17.0. The summed E-state index contributed by atoms with van der Waals surface area (Å²) < 4.78 is 63.5. The predicted molar refractivity (Wildman–Crippen MR) is 147 cm³/mol. The first-order chi connectivity index (χ1) is 18.5. The summed E-state index contributed by atoms with van der Waals surface area (Å²) in [5.74, 6) is 0.386. The van der Waals surface area contributed by atoms with Gasteiger partial charge in [0, 0.05) is 31.9 Å². The molecule has 2 aliphatic heterocycles. The van der Waals surface area contributed by atoms with E-state index in [1.807, 2.05) is 12.1 Å². The Balaban J connectivity index is 1.08. The first kappa shape index (κ1) is 28.5. The lowest BCUT2D eigenvalue weighted by molar-refractivity contribution is -0.0312. The Hall–Kier alpha value is -2.02. The fraction of sp³-hybridized carbons (Fsp3) is 0.571. The van der Waals surface area contributed by atoms with Crippen molar-refractivity contribution in [3.8, 4) is 5.75 Å². The second kappa shape index (κ2) is 11.5. The van der Waals surface area contributed by atoms with Crippen molar-refractivity contribution in [3.63, 3.8) is 0 Å². The average Bonchev–Trinajstić information content (AvgIpc) is 3.32. The van der Waals surface area contributed by atoms with Crippen molar-refractivity contribution in [2.24, 2.45) is 0 Å². The second-order valence-electron chi connectivity index (χ2n) is 11.1. The number of hydrogen-bond donors (Lipinski definition) is 2. The zero-order chi connectivity index (χ0) is 27.7. The van der Waals surface area contributed by atoms with Crippen molar-refractivity contribution in [3.05, 3.63) is 53.6 Å². The lowest BCUT2D eigenvalue weighted by Crippen LogP contribution is -2.47. The monoisotopic (exact) mass is 578 g/mol. The van der Waals surface area contributed by atoms with Gasteiger partial charge in [0.1, 0.15) is 18.5 Å².